The van der Waals surface area contributed by atoms with Gasteiger partial charge in [-0.15, -0.1) is 0 Å². The third-order valence-electron chi connectivity index (χ3n) is 3.41. The highest BCUT2D eigenvalue weighted by Crippen LogP contribution is 2.27. The summed E-state index contributed by atoms with van der Waals surface area (Å²) < 4.78 is 37.1. The maximum atomic E-state index is 12.8. The van der Waals surface area contributed by atoms with Crippen molar-refractivity contribution in [1.82, 2.24) is 4.31 Å². The lowest BCUT2D eigenvalue weighted by molar-refractivity contribution is 0.167. The van der Waals surface area contributed by atoms with Gasteiger partial charge in [-0.05, 0) is 25.5 Å². The van der Waals surface area contributed by atoms with Crippen LogP contribution in [0.5, 0.6) is 5.75 Å². The molecule has 0 aliphatic carbocycles. The van der Waals surface area contributed by atoms with Crippen molar-refractivity contribution < 1.29 is 17.9 Å². The highest BCUT2D eigenvalue weighted by Gasteiger charge is 2.28. The fraction of sp³-hybridized carbons (Fsp3) is 0.571. The van der Waals surface area contributed by atoms with E-state index in [1.807, 2.05) is 13.8 Å². The van der Waals surface area contributed by atoms with Gasteiger partial charge in [-0.1, -0.05) is 6.92 Å². The molecule has 1 aromatic carbocycles. The number of rotatable bonds is 8. The maximum Gasteiger partial charge on any atom is 0.243 e. The molecule has 0 radical (unpaired) electrons. The molecule has 0 saturated heterocycles. The third kappa shape index (κ3) is 4.09. The lowest BCUT2D eigenvalue weighted by atomic mass is 10.3. The molecule has 0 saturated carbocycles. The molecular formula is C14H24N2O4S. The maximum absolute atomic E-state index is 12.8. The number of anilines is 1. The van der Waals surface area contributed by atoms with E-state index in [9.17, 15) is 8.42 Å². The van der Waals surface area contributed by atoms with Crippen LogP contribution in [-0.2, 0) is 14.8 Å². The number of nitrogens with zero attached hydrogens (tertiary/aromatic N) is 1. The van der Waals surface area contributed by atoms with Crippen molar-refractivity contribution in [3.8, 4) is 5.75 Å². The molecule has 1 rings (SSSR count). The summed E-state index contributed by atoms with van der Waals surface area (Å²) in [6.45, 7) is 4.47. The first-order valence-electron chi connectivity index (χ1n) is 6.82. The highest BCUT2D eigenvalue weighted by atomic mass is 32.2. The van der Waals surface area contributed by atoms with E-state index in [1.165, 1.54) is 29.6 Å². The van der Waals surface area contributed by atoms with Gasteiger partial charge >= 0.3 is 0 Å². The van der Waals surface area contributed by atoms with Crippen molar-refractivity contribution in [2.45, 2.75) is 31.2 Å². The summed E-state index contributed by atoms with van der Waals surface area (Å²) in [6, 6.07) is 4.37. The van der Waals surface area contributed by atoms with Crippen LogP contribution in [0.25, 0.3) is 0 Å². The first-order valence-corrected chi connectivity index (χ1v) is 8.26. The van der Waals surface area contributed by atoms with Crippen LogP contribution in [0.15, 0.2) is 23.1 Å². The molecule has 1 atom stereocenters. The molecule has 0 fully saturated rings. The highest BCUT2D eigenvalue weighted by molar-refractivity contribution is 7.89. The van der Waals surface area contributed by atoms with Crippen LogP contribution in [0.2, 0.25) is 0 Å². The smallest absolute Gasteiger partial charge is 0.243 e. The van der Waals surface area contributed by atoms with E-state index < -0.39 is 10.0 Å². The minimum Gasteiger partial charge on any atom is -0.495 e. The minimum atomic E-state index is -3.62. The van der Waals surface area contributed by atoms with E-state index in [1.54, 1.807) is 7.11 Å². The second-order valence-corrected chi connectivity index (χ2v) is 6.66. The Morgan fingerprint density at radius 1 is 1.33 bits per heavy atom. The van der Waals surface area contributed by atoms with E-state index in [4.69, 9.17) is 15.2 Å². The van der Waals surface area contributed by atoms with Gasteiger partial charge in [0, 0.05) is 25.8 Å². The van der Waals surface area contributed by atoms with Crippen LogP contribution >= 0.6 is 0 Å². The Kier molecular flexibility index (Phi) is 6.44. The number of nitrogen functional groups attached to an aromatic ring is 1. The molecule has 21 heavy (non-hydrogen) atoms. The van der Waals surface area contributed by atoms with Crippen LogP contribution in [0.3, 0.4) is 0 Å². The van der Waals surface area contributed by atoms with Gasteiger partial charge in [-0.25, -0.2) is 8.42 Å². The summed E-state index contributed by atoms with van der Waals surface area (Å²) in [7, 11) is -0.609. The fourth-order valence-corrected chi connectivity index (χ4v) is 3.65. The molecule has 0 bridgehead atoms. The van der Waals surface area contributed by atoms with Crippen LogP contribution in [-0.4, -0.2) is 46.1 Å². The summed E-state index contributed by atoms with van der Waals surface area (Å²) in [6.07, 6.45) is 0.717. The first-order chi connectivity index (χ1) is 9.88. The monoisotopic (exact) mass is 316 g/mol. The molecule has 0 spiro atoms. The van der Waals surface area contributed by atoms with Gasteiger partial charge in [0.15, 0.2) is 0 Å². The largest absolute Gasteiger partial charge is 0.495 e. The lowest BCUT2D eigenvalue weighted by Gasteiger charge is -2.27. The van der Waals surface area contributed by atoms with Gasteiger partial charge < -0.3 is 15.2 Å². The number of nitrogens with two attached hydrogens (primary N) is 1. The Morgan fingerprint density at radius 2 is 2.00 bits per heavy atom. The van der Waals surface area contributed by atoms with Gasteiger partial charge in [0.25, 0.3) is 0 Å². The average Bonchev–Trinajstić information content (AvgIpc) is 2.47. The zero-order valence-corrected chi connectivity index (χ0v) is 13.8. The normalized spacial score (nSPS) is 13.4. The molecule has 7 heteroatoms. The Bertz CT molecular complexity index is 560. The molecule has 0 aromatic heterocycles. The molecule has 0 heterocycles. The average molecular weight is 316 g/mol. The van der Waals surface area contributed by atoms with Crippen molar-refractivity contribution in [1.29, 1.82) is 0 Å². The standard InChI is InChI=1S/C14H24N2O4S/c1-5-11(2)16(8-9-19-3)21(17,18)12-6-7-13(15)14(10-12)20-4/h6-7,10-11H,5,8-9,15H2,1-4H3. The number of benzene rings is 1. The summed E-state index contributed by atoms with van der Waals surface area (Å²) in [4.78, 5) is 0.171. The molecule has 2 N–H and O–H groups in total. The summed E-state index contributed by atoms with van der Waals surface area (Å²) in [5.41, 5.74) is 6.14. The van der Waals surface area contributed by atoms with Crippen molar-refractivity contribution in [2.75, 3.05) is 33.1 Å². The lowest BCUT2D eigenvalue weighted by Crippen LogP contribution is -2.40. The second-order valence-electron chi connectivity index (χ2n) is 4.77. The Hall–Kier alpha value is -1.31. The zero-order chi connectivity index (χ0) is 16.0. The van der Waals surface area contributed by atoms with Crippen molar-refractivity contribution in [2.24, 2.45) is 0 Å². The molecule has 1 aromatic rings. The van der Waals surface area contributed by atoms with E-state index in [-0.39, 0.29) is 10.9 Å². The molecule has 1 unspecified atom stereocenters. The predicted molar refractivity (Wildman–Crippen MR) is 82.9 cm³/mol. The fourth-order valence-electron chi connectivity index (χ4n) is 1.95. The number of methoxy groups -OCH3 is 2. The van der Waals surface area contributed by atoms with Gasteiger partial charge in [0.2, 0.25) is 10.0 Å². The number of hydrogen-bond acceptors (Lipinski definition) is 5. The Morgan fingerprint density at radius 3 is 2.52 bits per heavy atom. The molecule has 0 aliphatic rings. The summed E-state index contributed by atoms with van der Waals surface area (Å²) in [5, 5.41) is 0. The number of sulfonamides is 1. The van der Waals surface area contributed by atoms with Gasteiger partial charge in [-0.3, -0.25) is 0 Å². The van der Waals surface area contributed by atoms with E-state index in [0.717, 1.165) is 6.42 Å². The molecule has 6 nitrogen and oxygen atoms in total. The Labute approximate surface area is 126 Å². The predicted octanol–water partition coefficient (Wildman–Crippen LogP) is 1.71. The van der Waals surface area contributed by atoms with Crippen LogP contribution in [0.4, 0.5) is 5.69 Å². The SMILES string of the molecule is CCC(C)N(CCOC)S(=O)(=O)c1ccc(N)c(OC)c1. The molecule has 0 amide bonds. The van der Waals surface area contributed by atoms with Gasteiger partial charge in [-0.2, -0.15) is 4.31 Å². The molecule has 120 valence electrons. The van der Waals surface area contributed by atoms with Crippen molar-refractivity contribution in [3.05, 3.63) is 18.2 Å². The topological polar surface area (TPSA) is 81.9 Å². The zero-order valence-electron chi connectivity index (χ0n) is 13.0. The summed E-state index contributed by atoms with van der Waals surface area (Å²) in [5.74, 6) is 0.354. The Balaban J connectivity index is 3.21. The van der Waals surface area contributed by atoms with E-state index >= 15 is 0 Å². The van der Waals surface area contributed by atoms with Gasteiger partial charge in [0.05, 0.1) is 24.3 Å². The van der Waals surface area contributed by atoms with Gasteiger partial charge in [0.1, 0.15) is 5.75 Å². The quantitative estimate of drug-likeness (QED) is 0.738. The summed E-state index contributed by atoms with van der Waals surface area (Å²) >= 11 is 0. The molecule has 0 aliphatic heterocycles. The second kappa shape index (κ2) is 7.63. The first kappa shape index (κ1) is 17.7. The number of hydrogen-bond donors (Lipinski definition) is 1. The number of ether oxygens (including phenoxy) is 2. The van der Waals surface area contributed by atoms with Crippen LogP contribution in [0, 0.1) is 0 Å². The van der Waals surface area contributed by atoms with Crippen molar-refractivity contribution in [3.63, 3.8) is 0 Å². The molecular weight excluding hydrogens is 292 g/mol. The van der Waals surface area contributed by atoms with Crippen LogP contribution < -0.4 is 10.5 Å². The van der Waals surface area contributed by atoms with E-state index in [2.05, 4.69) is 0 Å². The third-order valence-corrected chi connectivity index (χ3v) is 5.42. The van der Waals surface area contributed by atoms with E-state index in [0.29, 0.717) is 24.6 Å². The minimum absolute atomic E-state index is 0.117. The van der Waals surface area contributed by atoms with Crippen LogP contribution in [0.1, 0.15) is 20.3 Å². The van der Waals surface area contributed by atoms with Crippen molar-refractivity contribution >= 4 is 15.7 Å².